The van der Waals surface area contributed by atoms with Gasteiger partial charge in [0.05, 0.1) is 0 Å². The lowest BCUT2D eigenvalue weighted by Gasteiger charge is -2.15. The zero-order valence-electron chi connectivity index (χ0n) is 8.76. The van der Waals surface area contributed by atoms with Crippen molar-refractivity contribution in [3.8, 4) is 5.75 Å². The van der Waals surface area contributed by atoms with Crippen LogP contribution >= 0.6 is 0 Å². The van der Waals surface area contributed by atoms with Gasteiger partial charge in [-0.2, -0.15) is 0 Å². The summed E-state index contributed by atoms with van der Waals surface area (Å²) in [7, 11) is 0. The Morgan fingerprint density at radius 3 is 2.93 bits per heavy atom. The van der Waals surface area contributed by atoms with E-state index < -0.39 is 0 Å². The lowest BCUT2D eigenvalue weighted by Crippen LogP contribution is -2.20. The Balaban J connectivity index is 1.92. The summed E-state index contributed by atoms with van der Waals surface area (Å²) in [6.07, 6.45) is 1.08. The minimum Gasteiger partial charge on any atom is -0.508 e. The number of likely N-dealkylation sites (tertiary alicyclic amines) is 1. The van der Waals surface area contributed by atoms with E-state index in [1.165, 1.54) is 0 Å². The molecular formula is C12H17NO2. The van der Waals surface area contributed by atoms with E-state index in [1.54, 1.807) is 12.1 Å². The van der Waals surface area contributed by atoms with Crippen LogP contribution in [-0.2, 0) is 6.54 Å². The number of rotatable bonds is 3. The number of phenolic OH excluding ortho intramolecular Hbond substituents is 1. The molecule has 0 radical (unpaired) electrons. The highest BCUT2D eigenvalue weighted by Gasteiger charge is 2.21. The monoisotopic (exact) mass is 207 g/mol. The predicted molar refractivity (Wildman–Crippen MR) is 58.6 cm³/mol. The third kappa shape index (κ3) is 2.70. The quantitative estimate of drug-likeness (QED) is 0.783. The normalized spacial score (nSPS) is 22.1. The van der Waals surface area contributed by atoms with Crippen LogP contribution in [0.5, 0.6) is 5.75 Å². The van der Waals surface area contributed by atoms with E-state index in [0.717, 1.165) is 31.6 Å². The first-order valence-corrected chi connectivity index (χ1v) is 5.39. The summed E-state index contributed by atoms with van der Waals surface area (Å²) >= 11 is 0. The Labute approximate surface area is 90.0 Å². The molecule has 1 saturated heterocycles. The van der Waals surface area contributed by atoms with Crippen molar-refractivity contribution in [3.05, 3.63) is 29.8 Å². The summed E-state index contributed by atoms with van der Waals surface area (Å²) in [5.41, 5.74) is 1.13. The molecule has 3 heteroatoms. The molecule has 0 aliphatic carbocycles. The molecule has 1 heterocycles. The van der Waals surface area contributed by atoms with Gasteiger partial charge >= 0.3 is 0 Å². The molecule has 82 valence electrons. The summed E-state index contributed by atoms with van der Waals surface area (Å²) in [6.45, 7) is 3.16. The van der Waals surface area contributed by atoms with E-state index in [1.807, 2.05) is 12.1 Å². The number of aliphatic hydroxyl groups is 1. The lowest BCUT2D eigenvalue weighted by atomic mass is 10.1. The average molecular weight is 207 g/mol. The van der Waals surface area contributed by atoms with Crippen molar-refractivity contribution >= 4 is 0 Å². The molecule has 0 unspecified atom stereocenters. The van der Waals surface area contributed by atoms with Gasteiger partial charge < -0.3 is 10.2 Å². The summed E-state index contributed by atoms with van der Waals surface area (Å²) in [4.78, 5) is 2.32. The molecule has 1 aromatic carbocycles. The molecule has 1 fully saturated rings. The third-order valence-corrected chi connectivity index (χ3v) is 2.94. The number of aliphatic hydroxyl groups excluding tert-OH is 1. The van der Waals surface area contributed by atoms with Crippen molar-refractivity contribution in [3.63, 3.8) is 0 Å². The fraction of sp³-hybridized carbons (Fsp3) is 0.500. The molecule has 0 saturated carbocycles. The molecule has 15 heavy (non-hydrogen) atoms. The number of aromatic hydroxyl groups is 1. The second-order valence-corrected chi connectivity index (χ2v) is 4.24. The molecule has 0 amide bonds. The highest BCUT2D eigenvalue weighted by Crippen LogP contribution is 2.19. The van der Waals surface area contributed by atoms with Gasteiger partial charge in [-0.15, -0.1) is 0 Å². The van der Waals surface area contributed by atoms with Crippen molar-refractivity contribution in [2.45, 2.75) is 13.0 Å². The van der Waals surface area contributed by atoms with Gasteiger partial charge in [0, 0.05) is 19.7 Å². The minimum atomic E-state index is 0.288. The van der Waals surface area contributed by atoms with E-state index in [0.29, 0.717) is 11.7 Å². The number of nitrogens with zero attached hydrogens (tertiary/aromatic N) is 1. The molecule has 0 bridgehead atoms. The molecule has 1 aromatic rings. The second-order valence-electron chi connectivity index (χ2n) is 4.24. The molecule has 1 aliphatic heterocycles. The van der Waals surface area contributed by atoms with Gasteiger partial charge in [0.25, 0.3) is 0 Å². The molecule has 0 spiro atoms. The fourth-order valence-corrected chi connectivity index (χ4v) is 2.12. The van der Waals surface area contributed by atoms with E-state index in [-0.39, 0.29) is 6.61 Å². The zero-order chi connectivity index (χ0) is 10.7. The summed E-state index contributed by atoms with van der Waals surface area (Å²) in [5, 5.41) is 18.4. The van der Waals surface area contributed by atoms with E-state index >= 15 is 0 Å². The molecule has 2 N–H and O–H groups in total. The zero-order valence-corrected chi connectivity index (χ0v) is 8.76. The molecule has 3 nitrogen and oxygen atoms in total. The Morgan fingerprint density at radius 2 is 2.27 bits per heavy atom. The first-order chi connectivity index (χ1) is 7.28. The minimum absolute atomic E-state index is 0.288. The van der Waals surface area contributed by atoms with Gasteiger partial charge in [0.2, 0.25) is 0 Å². The standard InChI is InChI=1S/C12H17NO2/c14-9-11-4-5-13(8-11)7-10-2-1-3-12(15)6-10/h1-3,6,11,14-15H,4-5,7-9H2/t11-/m1/s1. The molecule has 1 aliphatic rings. The SMILES string of the molecule is OC[C@@H]1CCN(Cc2cccc(O)c2)C1. The van der Waals surface area contributed by atoms with Crippen LogP contribution in [0.2, 0.25) is 0 Å². The molecule has 2 rings (SSSR count). The van der Waals surface area contributed by atoms with Crippen molar-refractivity contribution in [1.29, 1.82) is 0 Å². The number of hydrogen-bond acceptors (Lipinski definition) is 3. The fourth-order valence-electron chi connectivity index (χ4n) is 2.12. The number of benzene rings is 1. The van der Waals surface area contributed by atoms with Crippen LogP contribution in [0, 0.1) is 5.92 Å². The van der Waals surface area contributed by atoms with Gasteiger partial charge in [0.1, 0.15) is 5.75 Å². The number of phenols is 1. The lowest BCUT2D eigenvalue weighted by molar-refractivity contribution is 0.220. The Morgan fingerprint density at radius 1 is 1.40 bits per heavy atom. The van der Waals surface area contributed by atoms with Crippen LogP contribution in [0.4, 0.5) is 0 Å². The highest BCUT2D eigenvalue weighted by molar-refractivity contribution is 5.27. The maximum atomic E-state index is 9.33. The summed E-state index contributed by atoms with van der Waals surface area (Å²) < 4.78 is 0. The van der Waals surface area contributed by atoms with Gasteiger partial charge in [-0.05, 0) is 36.6 Å². The van der Waals surface area contributed by atoms with Crippen molar-refractivity contribution in [1.82, 2.24) is 4.90 Å². The predicted octanol–water partition coefficient (Wildman–Crippen LogP) is 1.21. The van der Waals surface area contributed by atoms with Crippen molar-refractivity contribution in [2.75, 3.05) is 19.7 Å². The van der Waals surface area contributed by atoms with E-state index in [4.69, 9.17) is 5.11 Å². The maximum Gasteiger partial charge on any atom is 0.115 e. The van der Waals surface area contributed by atoms with Gasteiger partial charge in [-0.3, -0.25) is 4.90 Å². The van der Waals surface area contributed by atoms with Crippen LogP contribution in [0.15, 0.2) is 24.3 Å². The maximum absolute atomic E-state index is 9.33. The van der Waals surface area contributed by atoms with Crippen LogP contribution < -0.4 is 0 Å². The Bertz CT molecular complexity index is 327. The largest absolute Gasteiger partial charge is 0.508 e. The molecule has 1 atom stereocenters. The molecule has 0 aromatic heterocycles. The Kier molecular flexibility index (Phi) is 3.23. The third-order valence-electron chi connectivity index (χ3n) is 2.94. The van der Waals surface area contributed by atoms with Crippen LogP contribution in [0.25, 0.3) is 0 Å². The summed E-state index contributed by atoms with van der Waals surface area (Å²) in [6, 6.07) is 7.37. The van der Waals surface area contributed by atoms with Crippen molar-refractivity contribution in [2.24, 2.45) is 5.92 Å². The first-order valence-electron chi connectivity index (χ1n) is 5.39. The van der Waals surface area contributed by atoms with Crippen LogP contribution in [0.1, 0.15) is 12.0 Å². The topological polar surface area (TPSA) is 43.7 Å². The van der Waals surface area contributed by atoms with Crippen LogP contribution in [-0.4, -0.2) is 34.8 Å². The van der Waals surface area contributed by atoms with Gasteiger partial charge in [0.15, 0.2) is 0 Å². The number of hydrogen-bond donors (Lipinski definition) is 2. The van der Waals surface area contributed by atoms with Crippen molar-refractivity contribution < 1.29 is 10.2 Å². The average Bonchev–Trinajstić information content (AvgIpc) is 2.65. The van der Waals surface area contributed by atoms with E-state index in [2.05, 4.69) is 4.90 Å². The molecular weight excluding hydrogens is 190 g/mol. The second kappa shape index (κ2) is 4.64. The summed E-state index contributed by atoms with van der Waals surface area (Å²) in [5.74, 6) is 0.757. The van der Waals surface area contributed by atoms with Crippen LogP contribution in [0.3, 0.4) is 0 Å². The first kappa shape index (κ1) is 10.5. The smallest absolute Gasteiger partial charge is 0.115 e. The highest BCUT2D eigenvalue weighted by atomic mass is 16.3. The van der Waals surface area contributed by atoms with E-state index in [9.17, 15) is 5.11 Å². The van der Waals surface area contributed by atoms with Gasteiger partial charge in [-0.1, -0.05) is 12.1 Å². The Hall–Kier alpha value is -1.06. The van der Waals surface area contributed by atoms with Gasteiger partial charge in [-0.25, -0.2) is 0 Å².